The van der Waals surface area contributed by atoms with Crippen LogP contribution in [0.25, 0.3) is 0 Å². The standard InChI is InChI=1S/C9H18N2OS.C2HF3O2.CH2Cl2/c1-13-7-4-8(10)9(12)11-5-2-3-6-11;3-2(4,5)1(6)7;2-1-3/h8H,2-7,10H2,1H3;(H,6,7);1H2/t8-;;/m0../s1. The smallest absolute Gasteiger partial charge is 0.475 e. The highest BCUT2D eigenvalue weighted by Crippen LogP contribution is 2.13. The highest BCUT2D eigenvalue weighted by Gasteiger charge is 2.38. The van der Waals surface area contributed by atoms with E-state index in [1.165, 1.54) is 0 Å². The number of likely N-dealkylation sites (tertiary alicyclic amines) is 1. The van der Waals surface area contributed by atoms with Gasteiger partial charge in [0.2, 0.25) is 5.91 Å². The number of hydrogen-bond donors (Lipinski definition) is 2. The van der Waals surface area contributed by atoms with Gasteiger partial charge in [-0.2, -0.15) is 24.9 Å². The van der Waals surface area contributed by atoms with Gasteiger partial charge in [0.25, 0.3) is 0 Å². The first-order valence-electron chi connectivity index (χ1n) is 6.57. The minimum atomic E-state index is -5.08. The molecule has 5 nitrogen and oxygen atoms in total. The molecule has 0 spiro atoms. The average Bonchev–Trinajstić information content (AvgIpc) is 2.98. The van der Waals surface area contributed by atoms with Crippen LogP contribution in [-0.4, -0.2) is 64.5 Å². The molecule has 0 saturated carbocycles. The third kappa shape index (κ3) is 13.7. The minimum absolute atomic E-state index is 0.145. The van der Waals surface area contributed by atoms with Crippen molar-refractivity contribution < 1.29 is 27.9 Å². The van der Waals surface area contributed by atoms with Gasteiger partial charge in [-0.25, -0.2) is 4.79 Å². The van der Waals surface area contributed by atoms with Crippen molar-refractivity contribution in [1.29, 1.82) is 0 Å². The molecule has 0 aromatic rings. The third-order valence-electron chi connectivity index (χ3n) is 2.61. The van der Waals surface area contributed by atoms with Gasteiger partial charge in [-0.15, -0.1) is 23.2 Å². The van der Waals surface area contributed by atoms with E-state index in [2.05, 4.69) is 0 Å². The quantitative estimate of drug-likeness (QED) is 0.708. The van der Waals surface area contributed by atoms with Gasteiger partial charge in [0, 0.05) is 13.1 Å². The molecule has 0 bridgehead atoms. The maximum Gasteiger partial charge on any atom is 0.490 e. The highest BCUT2D eigenvalue weighted by atomic mass is 35.5. The molecule has 1 fully saturated rings. The van der Waals surface area contributed by atoms with Crippen molar-refractivity contribution in [3.8, 4) is 0 Å². The zero-order chi connectivity index (χ0) is 18.5. The summed E-state index contributed by atoms with van der Waals surface area (Å²) >= 11 is 11.3. The number of carboxylic acid groups (broad SMARTS) is 1. The molecule has 138 valence electrons. The number of thioether (sulfide) groups is 1. The van der Waals surface area contributed by atoms with Crippen molar-refractivity contribution in [2.45, 2.75) is 31.5 Å². The molecular formula is C12H21Cl2F3N2O3S. The first-order chi connectivity index (χ1) is 10.6. The Labute approximate surface area is 147 Å². The summed E-state index contributed by atoms with van der Waals surface area (Å²) in [5.74, 6) is -1.64. The first-order valence-corrected chi connectivity index (χ1v) is 9.03. The summed E-state index contributed by atoms with van der Waals surface area (Å²) in [6, 6.07) is -0.273. The number of amides is 1. The molecule has 1 rings (SSSR count). The van der Waals surface area contributed by atoms with Gasteiger partial charge in [-0.1, -0.05) is 0 Å². The summed E-state index contributed by atoms with van der Waals surface area (Å²) in [6.07, 6.45) is 0.0333. The number of nitrogens with zero attached hydrogens (tertiary/aromatic N) is 1. The molecule has 0 aromatic carbocycles. The molecule has 0 radical (unpaired) electrons. The van der Waals surface area contributed by atoms with Crippen molar-refractivity contribution >= 4 is 46.8 Å². The van der Waals surface area contributed by atoms with E-state index in [-0.39, 0.29) is 17.3 Å². The zero-order valence-electron chi connectivity index (χ0n) is 12.6. The van der Waals surface area contributed by atoms with Gasteiger partial charge in [-0.05, 0) is 31.3 Å². The van der Waals surface area contributed by atoms with Crippen molar-refractivity contribution in [3.63, 3.8) is 0 Å². The monoisotopic (exact) mass is 400 g/mol. The van der Waals surface area contributed by atoms with Gasteiger partial charge < -0.3 is 15.7 Å². The van der Waals surface area contributed by atoms with Crippen LogP contribution in [0.1, 0.15) is 19.3 Å². The summed E-state index contributed by atoms with van der Waals surface area (Å²) < 4.78 is 31.7. The molecule has 1 aliphatic rings. The van der Waals surface area contributed by atoms with Crippen molar-refractivity contribution in [1.82, 2.24) is 4.90 Å². The van der Waals surface area contributed by atoms with Crippen LogP contribution in [-0.2, 0) is 9.59 Å². The Hall–Kier alpha value is -0.380. The number of carbonyl (C=O) groups excluding carboxylic acids is 1. The van der Waals surface area contributed by atoms with Crippen molar-refractivity contribution in [2.24, 2.45) is 5.73 Å². The van der Waals surface area contributed by atoms with Crippen LogP contribution >= 0.6 is 35.0 Å². The highest BCUT2D eigenvalue weighted by molar-refractivity contribution is 7.98. The molecule has 0 unspecified atom stereocenters. The number of nitrogens with two attached hydrogens (primary N) is 1. The van der Waals surface area contributed by atoms with E-state index in [1.54, 1.807) is 11.8 Å². The number of hydrogen-bond acceptors (Lipinski definition) is 4. The predicted octanol–water partition coefficient (Wildman–Crippen LogP) is 2.74. The Morgan fingerprint density at radius 3 is 2.00 bits per heavy atom. The number of carbonyl (C=O) groups is 2. The van der Waals surface area contributed by atoms with Crippen LogP contribution in [0.3, 0.4) is 0 Å². The van der Waals surface area contributed by atoms with Crippen LogP contribution < -0.4 is 5.73 Å². The number of aliphatic carboxylic acids is 1. The normalized spacial score (nSPS) is 15.0. The van der Waals surface area contributed by atoms with Crippen LogP contribution in [0, 0.1) is 0 Å². The summed E-state index contributed by atoms with van der Waals surface area (Å²) in [4.78, 5) is 22.4. The van der Waals surface area contributed by atoms with E-state index in [1.807, 2.05) is 11.2 Å². The summed E-state index contributed by atoms with van der Waals surface area (Å²) in [6.45, 7) is 1.82. The van der Waals surface area contributed by atoms with Gasteiger partial charge in [0.1, 0.15) is 0 Å². The Balaban J connectivity index is 0. The fraction of sp³-hybridized carbons (Fsp3) is 0.833. The molecule has 1 atom stereocenters. The Bertz CT molecular complexity index is 344. The number of carboxylic acids is 1. The van der Waals surface area contributed by atoms with E-state index < -0.39 is 12.1 Å². The molecule has 11 heteroatoms. The topological polar surface area (TPSA) is 83.6 Å². The lowest BCUT2D eigenvalue weighted by Crippen LogP contribution is -2.42. The molecule has 3 N–H and O–H groups in total. The van der Waals surface area contributed by atoms with Crippen LogP contribution in [0.15, 0.2) is 0 Å². The molecule has 0 aliphatic carbocycles. The third-order valence-corrected chi connectivity index (χ3v) is 3.25. The molecule has 0 aromatic heterocycles. The Kier molecular flexibility index (Phi) is 15.1. The van der Waals surface area contributed by atoms with Gasteiger partial charge in [0.05, 0.1) is 11.4 Å². The predicted molar refractivity (Wildman–Crippen MR) is 87.1 cm³/mol. The molecular weight excluding hydrogens is 380 g/mol. The minimum Gasteiger partial charge on any atom is -0.475 e. The van der Waals surface area contributed by atoms with Crippen LogP contribution in [0.5, 0.6) is 0 Å². The van der Waals surface area contributed by atoms with Gasteiger partial charge in [-0.3, -0.25) is 4.79 Å². The maximum absolute atomic E-state index is 11.6. The molecule has 23 heavy (non-hydrogen) atoms. The number of alkyl halides is 5. The van der Waals surface area contributed by atoms with Crippen molar-refractivity contribution in [2.75, 3.05) is 30.4 Å². The van der Waals surface area contributed by atoms with Gasteiger partial charge in [0.15, 0.2) is 0 Å². The van der Waals surface area contributed by atoms with E-state index in [0.717, 1.165) is 38.1 Å². The van der Waals surface area contributed by atoms with Crippen molar-refractivity contribution in [3.05, 3.63) is 0 Å². The number of rotatable bonds is 4. The second-order valence-electron chi connectivity index (χ2n) is 4.32. The van der Waals surface area contributed by atoms with E-state index in [4.69, 9.17) is 38.8 Å². The second-order valence-corrected chi connectivity index (χ2v) is 6.12. The fourth-order valence-electron chi connectivity index (χ4n) is 1.54. The lowest BCUT2D eigenvalue weighted by atomic mass is 10.2. The Morgan fingerprint density at radius 2 is 1.70 bits per heavy atom. The van der Waals surface area contributed by atoms with E-state index in [9.17, 15) is 18.0 Å². The molecule has 1 saturated heterocycles. The Morgan fingerprint density at radius 1 is 1.30 bits per heavy atom. The maximum atomic E-state index is 11.6. The van der Waals surface area contributed by atoms with Gasteiger partial charge >= 0.3 is 12.1 Å². The zero-order valence-corrected chi connectivity index (χ0v) is 14.9. The second kappa shape index (κ2) is 14.0. The summed E-state index contributed by atoms with van der Waals surface area (Å²) in [5, 5.41) is 7.32. The first kappa shape index (κ1) is 24.9. The molecule has 1 aliphatic heterocycles. The lowest BCUT2D eigenvalue weighted by molar-refractivity contribution is -0.192. The largest absolute Gasteiger partial charge is 0.490 e. The number of halogens is 5. The fourth-order valence-corrected chi connectivity index (χ4v) is 2.03. The SMILES string of the molecule is CSCC[C@H](N)C(=O)N1CCCC1.ClCCl.O=C(O)C(F)(F)F. The van der Waals surface area contributed by atoms with Crippen LogP contribution in [0.2, 0.25) is 0 Å². The average molecular weight is 401 g/mol. The van der Waals surface area contributed by atoms with E-state index >= 15 is 0 Å². The van der Waals surface area contributed by atoms with E-state index in [0.29, 0.717) is 0 Å². The summed E-state index contributed by atoms with van der Waals surface area (Å²) in [5.41, 5.74) is 5.78. The summed E-state index contributed by atoms with van der Waals surface area (Å²) in [7, 11) is 0. The van der Waals surface area contributed by atoms with Crippen LogP contribution in [0.4, 0.5) is 13.2 Å². The molecule has 1 amide bonds. The lowest BCUT2D eigenvalue weighted by Gasteiger charge is -2.19. The molecule has 1 heterocycles.